The van der Waals surface area contributed by atoms with E-state index in [0.29, 0.717) is 13.2 Å². The molecule has 4 heteroatoms. The molecule has 0 spiro atoms. The molecule has 0 heterocycles. The van der Waals surface area contributed by atoms with Crippen molar-refractivity contribution in [1.82, 2.24) is 0 Å². The molecular formula is C30H34O4. The molecule has 4 nitrogen and oxygen atoms in total. The van der Waals surface area contributed by atoms with E-state index in [1.807, 2.05) is 0 Å². The summed E-state index contributed by atoms with van der Waals surface area (Å²) in [6.07, 6.45) is 1.60. The van der Waals surface area contributed by atoms with Crippen LogP contribution in [0.15, 0.2) is 72.8 Å². The maximum absolute atomic E-state index is 5.84. The van der Waals surface area contributed by atoms with Crippen molar-refractivity contribution < 1.29 is 18.9 Å². The monoisotopic (exact) mass is 458 g/mol. The van der Waals surface area contributed by atoms with Gasteiger partial charge in [0, 0.05) is 54.5 Å². The van der Waals surface area contributed by atoms with Crippen LogP contribution in [-0.2, 0) is 18.9 Å². The van der Waals surface area contributed by atoms with Gasteiger partial charge in [0.25, 0.3) is 0 Å². The summed E-state index contributed by atoms with van der Waals surface area (Å²) in [6, 6.07) is 26.1. The van der Waals surface area contributed by atoms with E-state index in [1.54, 1.807) is 28.4 Å². The van der Waals surface area contributed by atoms with E-state index < -0.39 is 0 Å². The lowest BCUT2D eigenvalue weighted by Crippen LogP contribution is -2.07. The number of fused-ring (bicyclic) bond motifs is 2. The number of ether oxygens (including phenoxy) is 4. The van der Waals surface area contributed by atoms with Crippen LogP contribution in [0.5, 0.6) is 0 Å². The minimum atomic E-state index is -0.0127. The van der Waals surface area contributed by atoms with Crippen molar-refractivity contribution in [2.75, 3.05) is 41.7 Å². The summed E-state index contributed by atoms with van der Waals surface area (Å²) in [4.78, 5) is 0. The number of hydrogen-bond acceptors (Lipinski definition) is 4. The molecule has 0 radical (unpaired) electrons. The molecule has 0 aromatic heterocycles. The molecule has 0 N–H and O–H groups in total. The largest absolute Gasteiger partial charge is 0.385 e. The Morgan fingerprint density at radius 3 is 1.24 bits per heavy atom. The second kappa shape index (κ2) is 11.6. The van der Waals surface area contributed by atoms with Crippen molar-refractivity contribution in [3.8, 4) is 11.1 Å². The summed E-state index contributed by atoms with van der Waals surface area (Å²) in [7, 11) is 6.99. The van der Waals surface area contributed by atoms with Crippen LogP contribution >= 0.6 is 0 Å². The summed E-state index contributed by atoms with van der Waals surface area (Å²) in [5.41, 5.74) is 4.82. The van der Waals surface area contributed by atoms with Crippen molar-refractivity contribution in [3.05, 3.63) is 83.9 Å². The van der Waals surface area contributed by atoms with E-state index in [2.05, 4.69) is 72.8 Å². The number of hydrogen-bond donors (Lipinski definition) is 0. The zero-order chi connectivity index (χ0) is 23.9. The molecule has 4 aromatic rings. The van der Waals surface area contributed by atoms with Crippen LogP contribution in [-0.4, -0.2) is 41.7 Å². The van der Waals surface area contributed by atoms with Gasteiger partial charge in [-0.05, 0) is 43.8 Å². The molecule has 0 aliphatic carbocycles. The van der Waals surface area contributed by atoms with Gasteiger partial charge in [-0.1, -0.05) is 72.8 Å². The Kier molecular flexibility index (Phi) is 8.30. The average Bonchev–Trinajstić information content (AvgIpc) is 2.89. The standard InChI is InChI=1S/C30H34O4/c1-31-19-17-29(33-3)27-15-13-25(21-9-5-7-11-23(21)27)26-14-16-28(30(34-4)18-20-32-2)24-12-8-6-10-22(24)26/h5-16,29-30H,17-20H2,1-4H3. The molecule has 4 aromatic carbocycles. The quantitative estimate of drug-likeness (QED) is 0.240. The van der Waals surface area contributed by atoms with Gasteiger partial charge in [-0.3, -0.25) is 0 Å². The van der Waals surface area contributed by atoms with Gasteiger partial charge < -0.3 is 18.9 Å². The van der Waals surface area contributed by atoms with E-state index >= 15 is 0 Å². The van der Waals surface area contributed by atoms with Crippen LogP contribution in [0, 0.1) is 0 Å². The molecule has 0 fully saturated rings. The zero-order valence-corrected chi connectivity index (χ0v) is 20.5. The second-order valence-corrected chi connectivity index (χ2v) is 8.51. The minimum Gasteiger partial charge on any atom is -0.385 e. The highest BCUT2D eigenvalue weighted by Crippen LogP contribution is 2.40. The average molecular weight is 459 g/mol. The Morgan fingerprint density at radius 1 is 0.500 bits per heavy atom. The van der Waals surface area contributed by atoms with Gasteiger partial charge in [0.2, 0.25) is 0 Å². The Bertz CT molecular complexity index is 1140. The van der Waals surface area contributed by atoms with Crippen molar-refractivity contribution in [2.24, 2.45) is 0 Å². The highest BCUT2D eigenvalue weighted by molar-refractivity contribution is 6.07. The Labute approximate surface area is 202 Å². The molecule has 0 amide bonds. The summed E-state index contributed by atoms with van der Waals surface area (Å²) in [6.45, 7) is 1.31. The summed E-state index contributed by atoms with van der Waals surface area (Å²) in [5, 5.41) is 4.87. The van der Waals surface area contributed by atoms with Gasteiger partial charge >= 0.3 is 0 Å². The van der Waals surface area contributed by atoms with Crippen LogP contribution in [0.1, 0.15) is 36.2 Å². The van der Waals surface area contributed by atoms with Crippen LogP contribution in [0.2, 0.25) is 0 Å². The summed E-state index contributed by atoms with van der Waals surface area (Å²) >= 11 is 0. The molecule has 2 atom stereocenters. The predicted molar refractivity (Wildman–Crippen MR) is 139 cm³/mol. The Morgan fingerprint density at radius 2 is 0.882 bits per heavy atom. The third kappa shape index (κ3) is 4.86. The van der Waals surface area contributed by atoms with Crippen LogP contribution in [0.25, 0.3) is 32.7 Å². The molecule has 0 aliphatic rings. The minimum absolute atomic E-state index is 0.0127. The molecule has 0 aliphatic heterocycles. The number of rotatable bonds is 11. The van der Waals surface area contributed by atoms with Gasteiger partial charge in [-0.2, -0.15) is 0 Å². The van der Waals surface area contributed by atoms with E-state index in [9.17, 15) is 0 Å². The topological polar surface area (TPSA) is 36.9 Å². The van der Waals surface area contributed by atoms with Gasteiger partial charge in [-0.15, -0.1) is 0 Å². The zero-order valence-electron chi connectivity index (χ0n) is 20.5. The first-order valence-corrected chi connectivity index (χ1v) is 11.8. The Hall–Kier alpha value is -2.76. The van der Waals surface area contributed by atoms with E-state index in [1.165, 1.54) is 43.8 Å². The van der Waals surface area contributed by atoms with Gasteiger partial charge in [0.15, 0.2) is 0 Å². The normalized spacial score (nSPS) is 13.4. The SMILES string of the molecule is COCCC(OC)c1ccc(-c2ccc(C(CCOC)OC)c3ccccc23)c2ccccc12. The first-order chi connectivity index (χ1) is 16.7. The lowest BCUT2D eigenvalue weighted by atomic mass is 9.88. The van der Waals surface area contributed by atoms with Crippen molar-refractivity contribution in [3.63, 3.8) is 0 Å². The second-order valence-electron chi connectivity index (χ2n) is 8.51. The first-order valence-electron chi connectivity index (χ1n) is 11.8. The van der Waals surface area contributed by atoms with Gasteiger partial charge in [0.1, 0.15) is 0 Å². The molecule has 0 saturated heterocycles. The van der Waals surface area contributed by atoms with Crippen molar-refractivity contribution in [2.45, 2.75) is 25.0 Å². The van der Waals surface area contributed by atoms with Crippen LogP contribution < -0.4 is 0 Å². The fourth-order valence-corrected chi connectivity index (χ4v) is 4.93. The lowest BCUT2D eigenvalue weighted by Gasteiger charge is -2.21. The summed E-state index contributed by atoms with van der Waals surface area (Å²) in [5.74, 6) is 0. The maximum Gasteiger partial charge on any atom is 0.0849 e. The molecule has 0 bridgehead atoms. The third-order valence-electron chi connectivity index (χ3n) is 6.64. The van der Waals surface area contributed by atoms with Crippen LogP contribution in [0.3, 0.4) is 0 Å². The van der Waals surface area contributed by atoms with Crippen LogP contribution in [0.4, 0.5) is 0 Å². The predicted octanol–water partition coefficient (Wildman–Crippen LogP) is 7.11. The van der Waals surface area contributed by atoms with Gasteiger partial charge in [0.05, 0.1) is 12.2 Å². The molecule has 0 saturated carbocycles. The molecular weight excluding hydrogens is 424 g/mol. The fraction of sp³-hybridized carbons (Fsp3) is 0.333. The van der Waals surface area contributed by atoms with E-state index in [-0.39, 0.29) is 12.2 Å². The maximum atomic E-state index is 5.84. The molecule has 178 valence electrons. The van der Waals surface area contributed by atoms with Gasteiger partial charge in [-0.25, -0.2) is 0 Å². The van der Waals surface area contributed by atoms with E-state index in [0.717, 1.165) is 12.8 Å². The smallest absolute Gasteiger partial charge is 0.0849 e. The Balaban J connectivity index is 1.87. The fourth-order valence-electron chi connectivity index (χ4n) is 4.93. The van der Waals surface area contributed by atoms with Crippen molar-refractivity contribution >= 4 is 21.5 Å². The molecule has 34 heavy (non-hydrogen) atoms. The first kappa shape index (κ1) is 24.4. The lowest BCUT2D eigenvalue weighted by molar-refractivity contribution is 0.0670. The highest BCUT2D eigenvalue weighted by Gasteiger charge is 2.19. The van der Waals surface area contributed by atoms with Crippen molar-refractivity contribution in [1.29, 1.82) is 0 Å². The van der Waals surface area contributed by atoms with E-state index in [4.69, 9.17) is 18.9 Å². The molecule has 2 unspecified atom stereocenters. The molecule has 4 rings (SSSR count). The number of methoxy groups -OCH3 is 4. The number of benzene rings is 4. The summed E-state index contributed by atoms with van der Waals surface area (Å²) < 4.78 is 22.3. The highest BCUT2D eigenvalue weighted by atomic mass is 16.5. The third-order valence-corrected chi connectivity index (χ3v) is 6.64.